The van der Waals surface area contributed by atoms with E-state index in [2.05, 4.69) is 14.7 Å². The summed E-state index contributed by atoms with van der Waals surface area (Å²) in [6, 6.07) is 6.00. The average Bonchev–Trinajstić information content (AvgIpc) is 2.80. The van der Waals surface area contributed by atoms with Gasteiger partial charge in [-0.15, -0.1) is 0 Å². The maximum atomic E-state index is 11.8. The molecule has 1 heterocycles. The highest BCUT2D eigenvalue weighted by molar-refractivity contribution is 7.89. The number of nitrogens with one attached hydrogen (secondary N) is 2. The van der Waals surface area contributed by atoms with Gasteiger partial charge < -0.3 is 10.7 Å². The zero-order chi connectivity index (χ0) is 12.3. The van der Waals surface area contributed by atoms with Crippen molar-refractivity contribution < 1.29 is 8.42 Å². The summed E-state index contributed by atoms with van der Waals surface area (Å²) in [5.74, 6) is 0.559. The molecule has 0 radical (unpaired) electrons. The van der Waals surface area contributed by atoms with Gasteiger partial charge in [-0.3, -0.25) is 0 Å². The fraction of sp³-hybridized carbons (Fsp3) is 0.100. The summed E-state index contributed by atoms with van der Waals surface area (Å²) in [5, 5.41) is 0. The lowest BCUT2D eigenvalue weighted by molar-refractivity contribution is 0.579. The molecule has 2 rings (SSSR count). The molecule has 0 aliphatic heterocycles. The lowest BCUT2D eigenvalue weighted by Gasteiger charge is -2.05. The van der Waals surface area contributed by atoms with Gasteiger partial charge in [-0.2, -0.15) is 0 Å². The number of benzene rings is 1. The van der Waals surface area contributed by atoms with E-state index in [1.165, 1.54) is 12.1 Å². The topological polar surface area (TPSA) is 101 Å². The van der Waals surface area contributed by atoms with Crippen LogP contribution in [-0.4, -0.2) is 18.4 Å². The second-order valence-electron chi connectivity index (χ2n) is 3.43. The van der Waals surface area contributed by atoms with Gasteiger partial charge in [0, 0.05) is 18.1 Å². The summed E-state index contributed by atoms with van der Waals surface area (Å²) < 4.78 is 26.1. The SMILES string of the molecule is Nc1ccc(S(=O)(=O)NCc2ncc[nH]2)cc1. The van der Waals surface area contributed by atoms with E-state index >= 15 is 0 Å². The Morgan fingerprint density at radius 2 is 2.00 bits per heavy atom. The summed E-state index contributed by atoms with van der Waals surface area (Å²) in [6.07, 6.45) is 3.19. The number of imidazole rings is 1. The van der Waals surface area contributed by atoms with Crippen molar-refractivity contribution in [1.29, 1.82) is 0 Å². The number of nitrogens with zero attached hydrogens (tertiary/aromatic N) is 1. The molecule has 6 nitrogen and oxygen atoms in total. The van der Waals surface area contributed by atoms with Gasteiger partial charge in [0.25, 0.3) is 0 Å². The number of sulfonamides is 1. The molecule has 0 fully saturated rings. The second-order valence-corrected chi connectivity index (χ2v) is 5.20. The van der Waals surface area contributed by atoms with Crippen LogP contribution >= 0.6 is 0 Å². The van der Waals surface area contributed by atoms with Gasteiger partial charge in [0.05, 0.1) is 11.4 Å². The predicted octanol–water partition coefficient (Wildman–Crippen LogP) is 0.470. The molecule has 2 aromatic rings. The lowest BCUT2D eigenvalue weighted by Crippen LogP contribution is -2.23. The first-order chi connectivity index (χ1) is 8.08. The van der Waals surface area contributed by atoms with Crippen LogP contribution in [0.5, 0.6) is 0 Å². The van der Waals surface area contributed by atoms with Crippen molar-refractivity contribution in [2.75, 3.05) is 5.73 Å². The maximum Gasteiger partial charge on any atom is 0.240 e. The van der Waals surface area contributed by atoms with E-state index in [1.807, 2.05) is 0 Å². The molecule has 0 amide bonds. The molecule has 0 atom stereocenters. The average molecular weight is 252 g/mol. The number of nitrogen functional groups attached to an aromatic ring is 1. The minimum Gasteiger partial charge on any atom is -0.399 e. The highest BCUT2D eigenvalue weighted by Gasteiger charge is 2.13. The maximum absolute atomic E-state index is 11.8. The predicted molar refractivity (Wildman–Crippen MR) is 63.5 cm³/mol. The van der Waals surface area contributed by atoms with Crippen LogP contribution < -0.4 is 10.5 Å². The quantitative estimate of drug-likeness (QED) is 0.688. The summed E-state index contributed by atoms with van der Waals surface area (Å²) in [7, 11) is -3.52. The largest absolute Gasteiger partial charge is 0.399 e. The molecule has 0 saturated heterocycles. The van der Waals surface area contributed by atoms with Gasteiger partial charge in [-0.25, -0.2) is 18.1 Å². The standard InChI is InChI=1S/C10H12N4O2S/c11-8-1-3-9(4-2-8)17(15,16)14-7-10-12-5-6-13-10/h1-6,14H,7,11H2,(H,12,13). The first kappa shape index (κ1) is 11.6. The molecule has 4 N–H and O–H groups in total. The van der Waals surface area contributed by atoms with Crippen LogP contribution in [0.15, 0.2) is 41.6 Å². The molecule has 1 aromatic carbocycles. The summed E-state index contributed by atoms with van der Waals surface area (Å²) in [4.78, 5) is 6.92. The molecule has 17 heavy (non-hydrogen) atoms. The van der Waals surface area contributed by atoms with Crippen molar-refractivity contribution in [2.45, 2.75) is 11.4 Å². The van der Waals surface area contributed by atoms with E-state index in [4.69, 9.17) is 5.73 Å². The van der Waals surface area contributed by atoms with Crippen molar-refractivity contribution in [1.82, 2.24) is 14.7 Å². The first-order valence-electron chi connectivity index (χ1n) is 4.91. The third kappa shape index (κ3) is 2.83. The van der Waals surface area contributed by atoms with E-state index in [0.29, 0.717) is 11.5 Å². The van der Waals surface area contributed by atoms with Crippen LogP contribution in [-0.2, 0) is 16.6 Å². The molecular formula is C10H12N4O2S. The van der Waals surface area contributed by atoms with Crippen molar-refractivity contribution in [3.8, 4) is 0 Å². The molecule has 0 bridgehead atoms. The van der Waals surface area contributed by atoms with E-state index in [1.54, 1.807) is 24.5 Å². The van der Waals surface area contributed by atoms with Crippen LogP contribution in [0, 0.1) is 0 Å². The molecule has 0 spiro atoms. The monoisotopic (exact) mass is 252 g/mol. The van der Waals surface area contributed by atoms with Crippen molar-refractivity contribution in [3.63, 3.8) is 0 Å². The van der Waals surface area contributed by atoms with Crippen molar-refractivity contribution in [3.05, 3.63) is 42.5 Å². The number of hydrogen-bond acceptors (Lipinski definition) is 4. The molecule has 0 unspecified atom stereocenters. The Balaban J connectivity index is 2.11. The van der Waals surface area contributed by atoms with Gasteiger partial charge in [-0.1, -0.05) is 0 Å². The van der Waals surface area contributed by atoms with Crippen molar-refractivity contribution in [2.24, 2.45) is 0 Å². The number of anilines is 1. The minimum atomic E-state index is -3.52. The molecule has 0 aliphatic rings. The fourth-order valence-electron chi connectivity index (χ4n) is 1.29. The molecule has 0 aliphatic carbocycles. The molecule has 90 valence electrons. The Morgan fingerprint density at radius 3 is 2.59 bits per heavy atom. The van der Waals surface area contributed by atoms with Crippen LogP contribution in [0.1, 0.15) is 5.82 Å². The lowest BCUT2D eigenvalue weighted by atomic mass is 10.3. The minimum absolute atomic E-state index is 0.125. The van der Waals surface area contributed by atoms with Gasteiger partial charge in [0.1, 0.15) is 5.82 Å². The number of nitrogens with two attached hydrogens (primary N) is 1. The van der Waals surface area contributed by atoms with Gasteiger partial charge >= 0.3 is 0 Å². The highest BCUT2D eigenvalue weighted by atomic mass is 32.2. The summed E-state index contributed by atoms with van der Waals surface area (Å²) >= 11 is 0. The molecular weight excluding hydrogens is 240 g/mol. The highest BCUT2D eigenvalue weighted by Crippen LogP contribution is 2.11. The number of aromatic amines is 1. The third-order valence-corrected chi connectivity index (χ3v) is 3.59. The van der Waals surface area contributed by atoms with E-state index < -0.39 is 10.0 Å². The zero-order valence-electron chi connectivity index (χ0n) is 8.92. The Morgan fingerprint density at radius 1 is 1.29 bits per heavy atom. The van der Waals surface area contributed by atoms with Gasteiger partial charge in [-0.05, 0) is 24.3 Å². The normalized spacial score (nSPS) is 11.5. The smallest absolute Gasteiger partial charge is 0.240 e. The van der Waals surface area contributed by atoms with E-state index in [9.17, 15) is 8.42 Å². The van der Waals surface area contributed by atoms with Crippen LogP contribution in [0.4, 0.5) is 5.69 Å². The van der Waals surface area contributed by atoms with Crippen LogP contribution in [0.2, 0.25) is 0 Å². The second kappa shape index (κ2) is 4.56. The van der Waals surface area contributed by atoms with E-state index in [0.717, 1.165) is 0 Å². The number of aromatic nitrogens is 2. The first-order valence-corrected chi connectivity index (χ1v) is 6.40. The Bertz CT molecular complexity index is 575. The molecule has 0 saturated carbocycles. The molecule has 1 aromatic heterocycles. The number of hydrogen-bond donors (Lipinski definition) is 3. The van der Waals surface area contributed by atoms with E-state index in [-0.39, 0.29) is 11.4 Å². The van der Waals surface area contributed by atoms with Crippen LogP contribution in [0.3, 0.4) is 0 Å². The van der Waals surface area contributed by atoms with Crippen molar-refractivity contribution >= 4 is 15.7 Å². The fourth-order valence-corrected chi connectivity index (χ4v) is 2.28. The summed E-state index contributed by atoms with van der Waals surface area (Å²) in [6.45, 7) is 0.125. The van der Waals surface area contributed by atoms with Crippen LogP contribution in [0.25, 0.3) is 0 Å². The number of H-pyrrole nitrogens is 1. The van der Waals surface area contributed by atoms with Gasteiger partial charge in [0.2, 0.25) is 10.0 Å². The zero-order valence-corrected chi connectivity index (χ0v) is 9.74. The number of rotatable bonds is 4. The third-order valence-electron chi connectivity index (χ3n) is 2.17. The molecule has 7 heteroatoms. The van der Waals surface area contributed by atoms with Gasteiger partial charge in [0.15, 0.2) is 0 Å². The summed E-state index contributed by atoms with van der Waals surface area (Å²) in [5.41, 5.74) is 6.01. The Hall–Kier alpha value is -1.86. The Kier molecular flexibility index (Phi) is 3.12. The Labute approximate surface area is 98.9 Å².